The number of nitrogens with zero attached hydrogens (tertiary/aromatic N) is 2. The molecule has 0 radical (unpaired) electrons. The third-order valence-electron chi connectivity index (χ3n) is 1.88. The van der Waals surface area contributed by atoms with Crippen molar-refractivity contribution in [2.24, 2.45) is 0 Å². The standard InChI is InChI=1S/C10H9ClN4/c11-7-3-1-2-6(4-7)8-5-9(12)15-10(13)14-8/h1-5H,(H4,12,13,14,15). The van der Waals surface area contributed by atoms with Gasteiger partial charge >= 0.3 is 0 Å². The van der Waals surface area contributed by atoms with Crippen molar-refractivity contribution in [1.82, 2.24) is 9.97 Å². The average Bonchev–Trinajstić information content (AvgIpc) is 2.16. The molecule has 0 unspecified atom stereocenters. The highest BCUT2D eigenvalue weighted by atomic mass is 35.5. The Labute approximate surface area is 91.9 Å². The van der Waals surface area contributed by atoms with E-state index >= 15 is 0 Å². The molecule has 2 aromatic rings. The minimum Gasteiger partial charge on any atom is -0.384 e. The number of halogens is 1. The summed E-state index contributed by atoms with van der Waals surface area (Å²) in [6.07, 6.45) is 0. The average molecular weight is 221 g/mol. The molecule has 76 valence electrons. The molecule has 0 aliphatic heterocycles. The summed E-state index contributed by atoms with van der Waals surface area (Å²) >= 11 is 5.87. The van der Waals surface area contributed by atoms with Crippen LogP contribution in [0.25, 0.3) is 11.3 Å². The van der Waals surface area contributed by atoms with Crippen LogP contribution in [0.15, 0.2) is 30.3 Å². The molecule has 0 atom stereocenters. The first-order valence-electron chi connectivity index (χ1n) is 4.31. The topological polar surface area (TPSA) is 77.8 Å². The highest BCUT2D eigenvalue weighted by Crippen LogP contribution is 2.22. The number of nitrogen functional groups attached to an aromatic ring is 2. The van der Waals surface area contributed by atoms with Crippen LogP contribution in [0.4, 0.5) is 11.8 Å². The molecule has 0 aliphatic rings. The minimum atomic E-state index is 0.157. The molecule has 0 saturated carbocycles. The van der Waals surface area contributed by atoms with Crippen molar-refractivity contribution >= 4 is 23.4 Å². The van der Waals surface area contributed by atoms with Crippen molar-refractivity contribution in [2.45, 2.75) is 0 Å². The van der Waals surface area contributed by atoms with Gasteiger partial charge in [-0.3, -0.25) is 0 Å². The quantitative estimate of drug-likeness (QED) is 0.770. The van der Waals surface area contributed by atoms with Crippen molar-refractivity contribution < 1.29 is 0 Å². The molecule has 4 N–H and O–H groups in total. The van der Waals surface area contributed by atoms with Crippen LogP contribution in [0.5, 0.6) is 0 Å². The molecule has 5 heteroatoms. The van der Waals surface area contributed by atoms with Gasteiger partial charge in [-0.05, 0) is 12.1 Å². The Morgan fingerprint density at radius 1 is 1.07 bits per heavy atom. The molecule has 0 fully saturated rings. The first-order chi connectivity index (χ1) is 7.15. The van der Waals surface area contributed by atoms with E-state index in [1.807, 2.05) is 12.1 Å². The molecule has 1 aromatic carbocycles. The zero-order valence-electron chi connectivity index (χ0n) is 7.81. The zero-order valence-corrected chi connectivity index (χ0v) is 8.57. The summed E-state index contributed by atoms with van der Waals surface area (Å²) in [6, 6.07) is 8.96. The van der Waals surface area contributed by atoms with Gasteiger partial charge in [0.05, 0.1) is 5.69 Å². The molecule has 2 rings (SSSR count). The van der Waals surface area contributed by atoms with Gasteiger partial charge in [0.1, 0.15) is 5.82 Å². The van der Waals surface area contributed by atoms with Crippen LogP contribution < -0.4 is 11.5 Å². The van der Waals surface area contributed by atoms with Gasteiger partial charge in [-0.15, -0.1) is 0 Å². The second-order valence-electron chi connectivity index (χ2n) is 3.05. The van der Waals surface area contributed by atoms with E-state index in [9.17, 15) is 0 Å². The third-order valence-corrected chi connectivity index (χ3v) is 2.12. The minimum absolute atomic E-state index is 0.157. The van der Waals surface area contributed by atoms with Crippen LogP contribution in [0.2, 0.25) is 5.02 Å². The van der Waals surface area contributed by atoms with E-state index in [-0.39, 0.29) is 5.95 Å². The van der Waals surface area contributed by atoms with Crippen LogP contribution in [0, 0.1) is 0 Å². The first kappa shape index (κ1) is 9.73. The molecule has 0 saturated heterocycles. The van der Waals surface area contributed by atoms with Crippen LogP contribution in [-0.2, 0) is 0 Å². The third kappa shape index (κ3) is 2.16. The Morgan fingerprint density at radius 3 is 2.53 bits per heavy atom. The highest BCUT2D eigenvalue weighted by Gasteiger charge is 2.03. The molecular weight excluding hydrogens is 212 g/mol. The smallest absolute Gasteiger partial charge is 0.222 e. The fourth-order valence-corrected chi connectivity index (χ4v) is 1.47. The summed E-state index contributed by atoms with van der Waals surface area (Å²) in [5.41, 5.74) is 12.6. The predicted octanol–water partition coefficient (Wildman–Crippen LogP) is 1.96. The molecule has 0 spiro atoms. The number of aromatic nitrogens is 2. The maximum Gasteiger partial charge on any atom is 0.222 e. The summed E-state index contributed by atoms with van der Waals surface area (Å²) in [7, 11) is 0. The Morgan fingerprint density at radius 2 is 1.87 bits per heavy atom. The van der Waals surface area contributed by atoms with Crippen molar-refractivity contribution in [3.8, 4) is 11.3 Å². The Balaban J connectivity index is 2.54. The van der Waals surface area contributed by atoms with Crippen LogP contribution in [0.1, 0.15) is 0 Å². The molecule has 1 heterocycles. The molecular formula is C10H9ClN4. The van der Waals surface area contributed by atoms with E-state index in [1.54, 1.807) is 18.2 Å². The van der Waals surface area contributed by atoms with Crippen LogP contribution >= 0.6 is 11.6 Å². The maximum absolute atomic E-state index is 5.87. The van der Waals surface area contributed by atoms with Gasteiger partial charge in [-0.25, -0.2) is 4.98 Å². The fourth-order valence-electron chi connectivity index (χ4n) is 1.28. The summed E-state index contributed by atoms with van der Waals surface area (Å²) in [4.78, 5) is 7.87. The second kappa shape index (κ2) is 3.74. The second-order valence-corrected chi connectivity index (χ2v) is 3.48. The monoisotopic (exact) mass is 220 g/mol. The predicted molar refractivity (Wildman–Crippen MR) is 61.3 cm³/mol. The number of rotatable bonds is 1. The summed E-state index contributed by atoms with van der Waals surface area (Å²) < 4.78 is 0. The first-order valence-corrected chi connectivity index (χ1v) is 4.69. The van der Waals surface area contributed by atoms with Gasteiger partial charge in [0.25, 0.3) is 0 Å². The molecule has 0 aliphatic carbocycles. The SMILES string of the molecule is Nc1cc(-c2cccc(Cl)c2)nc(N)n1. The van der Waals surface area contributed by atoms with Crippen LogP contribution in [-0.4, -0.2) is 9.97 Å². The van der Waals surface area contributed by atoms with E-state index in [0.717, 1.165) is 5.56 Å². The Kier molecular flexibility index (Phi) is 2.43. The fraction of sp³-hybridized carbons (Fsp3) is 0. The van der Waals surface area contributed by atoms with Gasteiger partial charge < -0.3 is 11.5 Å². The van der Waals surface area contributed by atoms with Gasteiger partial charge in [-0.2, -0.15) is 4.98 Å². The maximum atomic E-state index is 5.87. The van der Waals surface area contributed by atoms with Gasteiger partial charge in [-0.1, -0.05) is 23.7 Å². The number of hydrogen-bond acceptors (Lipinski definition) is 4. The molecule has 0 amide bonds. The number of benzene rings is 1. The molecule has 4 nitrogen and oxygen atoms in total. The molecule has 15 heavy (non-hydrogen) atoms. The summed E-state index contributed by atoms with van der Waals surface area (Å²) in [5.74, 6) is 0.502. The van der Waals surface area contributed by atoms with E-state index in [2.05, 4.69) is 9.97 Å². The van der Waals surface area contributed by atoms with Gasteiger partial charge in [0, 0.05) is 16.7 Å². The number of anilines is 2. The number of hydrogen-bond donors (Lipinski definition) is 2. The summed E-state index contributed by atoms with van der Waals surface area (Å²) in [5, 5.41) is 0.642. The lowest BCUT2D eigenvalue weighted by Crippen LogP contribution is -2.00. The molecule has 0 bridgehead atoms. The Bertz CT molecular complexity index is 478. The van der Waals surface area contributed by atoms with E-state index < -0.39 is 0 Å². The largest absolute Gasteiger partial charge is 0.384 e. The van der Waals surface area contributed by atoms with Crippen molar-refractivity contribution in [1.29, 1.82) is 0 Å². The number of nitrogens with two attached hydrogens (primary N) is 2. The van der Waals surface area contributed by atoms with E-state index in [0.29, 0.717) is 16.5 Å². The normalized spacial score (nSPS) is 10.2. The van der Waals surface area contributed by atoms with Crippen LogP contribution in [0.3, 0.4) is 0 Å². The lowest BCUT2D eigenvalue weighted by molar-refractivity contribution is 1.20. The zero-order chi connectivity index (χ0) is 10.8. The van der Waals surface area contributed by atoms with Crippen molar-refractivity contribution in [3.05, 3.63) is 35.4 Å². The summed E-state index contributed by atoms with van der Waals surface area (Å²) in [6.45, 7) is 0. The molecule has 1 aromatic heterocycles. The van der Waals surface area contributed by atoms with Crippen molar-refractivity contribution in [3.63, 3.8) is 0 Å². The lowest BCUT2D eigenvalue weighted by Gasteiger charge is -2.03. The van der Waals surface area contributed by atoms with E-state index in [4.69, 9.17) is 23.1 Å². The lowest BCUT2D eigenvalue weighted by atomic mass is 10.1. The van der Waals surface area contributed by atoms with Gasteiger partial charge in [0.15, 0.2) is 0 Å². The van der Waals surface area contributed by atoms with Crippen molar-refractivity contribution in [2.75, 3.05) is 11.5 Å². The van der Waals surface area contributed by atoms with Gasteiger partial charge in [0.2, 0.25) is 5.95 Å². The Hall–Kier alpha value is -1.81. The highest BCUT2D eigenvalue weighted by molar-refractivity contribution is 6.30. The van der Waals surface area contributed by atoms with E-state index in [1.165, 1.54) is 0 Å².